The maximum Gasteiger partial charge on any atom is 0.226 e. The van der Waals surface area contributed by atoms with Crippen molar-refractivity contribution in [3.8, 4) is 0 Å². The quantitative estimate of drug-likeness (QED) is 0.795. The van der Waals surface area contributed by atoms with Crippen LogP contribution < -0.4 is 0 Å². The first kappa shape index (κ1) is 14.1. The van der Waals surface area contributed by atoms with Gasteiger partial charge in [0.1, 0.15) is 0 Å². The Morgan fingerprint density at radius 3 is 2.68 bits per heavy atom. The van der Waals surface area contributed by atoms with Gasteiger partial charge in [-0.05, 0) is 36.4 Å². The Morgan fingerprint density at radius 2 is 2.00 bits per heavy atom. The van der Waals surface area contributed by atoms with E-state index in [9.17, 15) is 9.59 Å². The molecule has 102 valence electrons. The van der Waals surface area contributed by atoms with E-state index in [2.05, 4.69) is 0 Å². The van der Waals surface area contributed by atoms with Crippen molar-refractivity contribution < 1.29 is 9.59 Å². The Morgan fingerprint density at radius 1 is 1.26 bits per heavy atom. The van der Waals surface area contributed by atoms with Crippen LogP contribution in [0.1, 0.15) is 24.8 Å². The van der Waals surface area contributed by atoms with Crippen molar-refractivity contribution in [1.29, 1.82) is 0 Å². The highest BCUT2D eigenvalue weighted by atomic mass is 35.5. The van der Waals surface area contributed by atoms with Gasteiger partial charge in [0.2, 0.25) is 11.1 Å². The molecule has 1 aromatic rings. The minimum Gasteiger partial charge on any atom is -0.342 e. The lowest BCUT2D eigenvalue weighted by atomic mass is 9.99. The molecule has 1 aromatic carbocycles. The molecule has 2 rings (SSSR count). The van der Waals surface area contributed by atoms with Crippen LogP contribution in [0, 0.1) is 5.92 Å². The van der Waals surface area contributed by atoms with Crippen LogP contribution in [0.15, 0.2) is 30.3 Å². The van der Waals surface area contributed by atoms with Crippen LogP contribution >= 0.6 is 11.6 Å². The smallest absolute Gasteiger partial charge is 0.226 e. The van der Waals surface area contributed by atoms with E-state index in [0.717, 1.165) is 31.4 Å². The first-order chi connectivity index (χ1) is 9.16. The van der Waals surface area contributed by atoms with E-state index in [1.165, 1.54) is 0 Å². The van der Waals surface area contributed by atoms with E-state index in [0.29, 0.717) is 13.0 Å². The van der Waals surface area contributed by atoms with Gasteiger partial charge in [-0.1, -0.05) is 30.3 Å². The molecule has 1 unspecified atom stereocenters. The average molecular weight is 280 g/mol. The number of amides is 1. The lowest BCUT2D eigenvalue weighted by molar-refractivity contribution is -0.133. The van der Waals surface area contributed by atoms with Crippen LogP contribution in [0.25, 0.3) is 0 Å². The van der Waals surface area contributed by atoms with Crippen molar-refractivity contribution in [1.82, 2.24) is 4.90 Å². The fourth-order valence-electron chi connectivity index (χ4n) is 2.44. The molecule has 0 bridgehead atoms. The van der Waals surface area contributed by atoms with Crippen molar-refractivity contribution in [2.24, 2.45) is 5.92 Å². The van der Waals surface area contributed by atoms with Crippen LogP contribution in [0.3, 0.4) is 0 Å². The largest absolute Gasteiger partial charge is 0.342 e. The lowest BCUT2D eigenvalue weighted by Crippen LogP contribution is -2.41. The number of hydrogen-bond acceptors (Lipinski definition) is 2. The third kappa shape index (κ3) is 4.06. The standard InChI is InChI=1S/C15H18ClNO2/c16-15(19)13-7-4-10-17(11-13)14(18)9-8-12-5-2-1-3-6-12/h1-3,5-6,13H,4,7-11H2. The molecule has 3 nitrogen and oxygen atoms in total. The maximum absolute atomic E-state index is 12.1. The summed E-state index contributed by atoms with van der Waals surface area (Å²) in [7, 11) is 0. The summed E-state index contributed by atoms with van der Waals surface area (Å²) in [5.41, 5.74) is 1.16. The van der Waals surface area contributed by atoms with Crippen molar-refractivity contribution >= 4 is 22.8 Å². The van der Waals surface area contributed by atoms with E-state index in [1.54, 1.807) is 4.90 Å². The van der Waals surface area contributed by atoms with Crippen LogP contribution in [-0.2, 0) is 16.0 Å². The maximum atomic E-state index is 12.1. The van der Waals surface area contributed by atoms with Gasteiger partial charge in [0.15, 0.2) is 0 Å². The van der Waals surface area contributed by atoms with E-state index < -0.39 is 0 Å². The molecular formula is C15H18ClNO2. The highest BCUT2D eigenvalue weighted by Gasteiger charge is 2.26. The summed E-state index contributed by atoms with van der Waals surface area (Å²) in [5, 5.41) is -0.319. The second-order valence-electron chi connectivity index (χ2n) is 4.97. The monoisotopic (exact) mass is 279 g/mol. The Labute approximate surface area is 118 Å². The molecule has 4 heteroatoms. The fourth-order valence-corrected chi connectivity index (χ4v) is 2.62. The van der Waals surface area contributed by atoms with Gasteiger partial charge in [-0.2, -0.15) is 0 Å². The molecule has 0 radical (unpaired) electrons. The van der Waals surface area contributed by atoms with Crippen LogP contribution in [-0.4, -0.2) is 29.1 Å². The molecule has 1 fully saturated rings. The Balaban J connectivity index is 1.84. The van der Waals surface area contributed by atoms with Gasteiger partial charge in [-0.3, -0.25) is 9.59 Å². The molecule has 1 saturated heterocycles. The van der Waals surface area contributed by atoms with Crippen LogP contribution in [0.4, 0.5) is 0 Å². The van der Waals surface area contributed by atoms with Crippen LogP contribution in [0.2, 0.25) is 0 Å². The molecule has 1 aliphatic heterocycles. The molecule has 1 aliphatic rings. The first-order valence-corrected chi connectivity index (χ1v) is 7.05. The molecule has 0 N–H and O–H groups in total. The van der Waals surface area contributed by atoms with E-state index >= 15 is 0 Å². The summed E-state index contributed by atoms with van der Waals surface area (Å²) in [5.74, 6) is -0.0671. The van der Waals surface area contributed by atoms with Gasteiger partial charge >= 0.3 is 0 Å². The molecule has 0 saturated carbocycles. The number of hydrogen-bond donors (Lipinski definition) is 0. The fraction of sp³-hybridized carbons (Fsp3) is 0.467. The van der Waals surface area contributed by atoms with Gasteiger partial charge in [-0.25, -0.2) is 0 Å². The third-order valence-electron chi connectivity index (χ3n) is 3.57. The molecule has 0 aromatic heterocycles. The zero-order valence-electron chi connectivity index (χ0n) is 10.8. The normalized spacial score (nSPS) is 19.2. The molecule has 1 atom stereocenters. The summed E-state index contributed by atoms with van der Waals surface area (Å²) in [6.07, 6.45) is 2.90. The van der Waals surface area contributed by atoms with Gasteiger partial charge in [0.25, 0.3) is 0 Å². The van der Waals surface area contributed by atoms with Gasteiger partial charge in [-0.15, -0.1) is 0 Å². The van der Waals surface area contributed by atoms with Gasteiger partial charge in [0.05, 0.1) is 5.92 Å². The van der Waals surface area contributed by atoms with E-state index in [-0.39, 0.29) is 17.1 Å². The number of benzene rings is 1. The molecule has 1 heterocycles. The summed E-state index contributed by atoms with van der Waals surface area (Å²) < 4.78 is 0. The minimum atomic E-state index is -0.319. The highest BCUT2D eigenvalue weighted by molar-refractivity contribution is 6.64. The minimum absolute atomic E-state index is 0.117. The van der Waals surface area contributed by atoms with Crippen molar-refractivity contribution in [2.75, 3.05) is 13.1 Å². The lowest BCUT2D eigenvalue weighted by Gasteiger charge is -2.31. The third-order valence-corrected chi connectivity index (χ3v) is 3.87. The molecule has 0 spiro atoms. The number of nitrogens with zero attached hydrogens (tertiary/aromatic N) is 1. The summed E-state index contributed by atoms with van der Waals surface area (Å²) in [6, 6.07) is 9.96. The van der Waals surface area contributed by atoms with E-state index in [4.69, 9.17) is 11.6 Å². The molecule has 1 amide bonds. The summed E-state index contributed by atoms with van der Waals surface area (Å²) in [6.45, 7) is 1.23. The Bertz CT molecular complexity index is 447. The van der Waals surface area contributed by atoms with Gasteiger partial charge < -0.3 is 4.90 Å². The predicted octanol–water partition coefficient (Wildman–Crippen LogP) is 2.62. The van der Waals surface area contributed by atoms with Crippen molar-refractivity contribution in [3.63, 3.8) is 0 Å². The topological polar surface area (TPSA) is 37.4 Å². The highest BCUT2D eigenvalue weighted by Crippen LogP contribution is 2.19. The Hall–Kier alpha value is -1.35. The first-order valence-electron chi connectivity index (χ1n) is 6.68. The average Bonchev–Trinajstić information content (AvgIpc) is 2.46. The second-order valence-corrected chi connectivity index (χ2v) is 5.34. The SMILES string of the molecule is O=C(Cl)C1CCCN(C(=O)CCc2ccccc2)C1. The number of rotatable bonds is 4. The predicted molar refractivity (Wildman–Crippen MR) is 74.9 cm³/mol. The van der Waals surface area contributed by atoms with Crippen LogP contribution in [0.5, 0.6) is 0 Å². The number of carbonyl (C=O) groups excluding carboxylic acids is 2. The number of aryl methyl sites for hydroxylation is 1. The zero-order chi connectivity index (χ0) is 13.7. The van der Waals surface area contributed by atoms with E-state index in [1.807, 2.05) is 30.3 Å². The molecule has 0 aliphatic carbocycles. The summed E-state index contributed by atoms with van der Waals surface area (Å²) >= 11 is 5.52. The number of halogens is 1. The zero-order valence-corrected chi connectivity index (χ0v) is 11.6. The Kier molecular flexibility index (Phi) is 4.97. The van der Waals surface area contributed by atoms with Gasteiger partial charge in [0, 0.05) is 19.5 Å². The second kappa shape index (κ2) is 6.71. The van der Waals surface area contributed by atoms with Crippen molar-refractivity contribution in [3.05, 3.63) is 35.9 Å². The van der Waals surface area contributed by atoms with Crippen molar-refractivity contribution in [2.45, 2.75) is 25.7 Å². The number of likely N-dealkylation sites (tertiary alicyclic amines) is 1. The number of piperidine rings is 1. The number of carbonyl (C=O) groups is 2. The molecular weight excluding hydrogens is 262 g/mol. The summed E-state index contributed by atoms with van der Waals surface area (Å²) in [4.78, 5) is 25.1. The molecule has 19 heavy (non-hydrogen) atoms.